The van der Waals surface area contributed by atoms with Gasteiger partial charge in [-0.2, -0.15) is 0 Å². The molecule has 0 aliphatic carbocycles. The molecule has 1 heterocycles. The number of nitrogens with one attached hydrogen (secondary N) is 1. The molecular weight excluding hydrogens is 314 g/mol. The van der Waals surface area contributed by atoms with Gasteiger partial charge in [0.25, 0.3) is 0 Å². The Morgan fingerprint density at radius 2 is 1.72 bits per heavy atom. The normalized spacial score (nSPS) is 17.5. The second-order valence-corrected chi connectivity index (χ2v) is 7.26. The summed E-state index contributed by atoms with van der Waals surface area (Å²) in [6.45, 7) is 4.34. The SMILES string of the molecule is CCCCCCCCC(=O)N1CCCC[C@@H]1C(=O)NCCCCCN. The molecule has 0 radical (unpaired) electrons. The highest BCUT2D eigenvalue weighted by Gasteiger charge is 2.31. The van der Waals surface area contributed by atoms with Crippen LogP contribution in [0.2, 0.25) is 0 Å². The van der Waals surface area contributed by atoms with E-state index < -0.39 is 0 Å². The van der Waals surface area contributed by atoms with Gasteiger partial charge in [0, 0.05) is 19.5 Å². The maximum atomic E-state index is 12.5. The lowest BCUT2D eigenvalue weighted by atomic mass is 10.00. The largest absolute Gasteiger partial charge is 0.354 e. The third-order valence-corrected chi connectivity index (χ3v) is 5.05. The topological polar surface area (TPSA) is 75.4 Å². The van der Waals surface area contributed by atoms with Gasteiger partial charge in [-0.05, 0) is 45.1 Å². The summed E-state index contributed by atoms with van der Waals surface area (Å²) in [5.41, 5.74) is 5.48. The Morgan fingerprint density at radius 3 is 2.48 bits per heavy atom. The standard InChI is InChI=1S/C20H39N3O2/c1-2-3-4-5-6-8-14-19(24)23-17-12-9-13-18(23)20(25)22-16-11-7-10-15-21/h18H,2-17,21H2,1H3,(H,22,25)/t18-/m1/s1. The number of nitrogens with zero attached hydrogens (tertiary/aromatic N) is 1. The smallest absolute Gasteiger partial charge is 0.242 e. The van der Waals surface area contributed by atoms with E-state index in [1.54, 1.807) is 0 Å². The van der Waals surface area contributed by atoms with Crippen LogP contribution in [0, 0.1) is 0 Å². The lowest BCUT2D eigenvalue weighted by Crippen LogP contribution is -2.52. The van der Waals surface area contributed by atoms with Crippen LogP contribution >= 0.6 is 0 Å². The number of carbonyl (C=O) groups excluding carboxylic acids is 2. The zero-order valence-corrected chi connectivity index (χ0v) is 16.2. The number of unbranched alkanes of at least 4 members (excludes halogenated alkanes) is 7. The van der Waals surface area contributed by atoms with Crippen molar-refractivity contribution in [2.24, 2.45) is 5.73 Å². The molecule has 1 saturated heterocycles. The van der Waals surface area contributed by atoms with Crippen LogP contribution in [0.25, 0.3) is 0 Å². The highest BCUT2D eigenvalue weighted by Crippen LogP contribution is 2.19. The molecule has 1 fully saturated rings. The molecule has 5 nitrogen and oxygen atoms in total. The van der Waals surface area contributed by atoms with Gasteiger partial charge in [0.05, 0.1) is 0 Å². The van der Waals surface area contributed by atoms with Crippen molar-refractivity contribution >= 4 is 11.8 Å². The molecule has 1 rings (SSSR count). The van der Waals surface area contributed by atoms with E-state index in [1.165, 1.54) is 25.7 Å². The Kier molecular flexibility index (Phi) is 12.4. The summed E-state index contributed by atoms with van der Waals surface area (Å²) >= 11 is 0. The molecular formula is C20H39N3O2. The molecule has 25 heavy (non-hydrogen) atoms. The van der Waals surface area contributed by atoms with Crippen molar-refractivity contribution in [3.63, 3.8) is 0 Å². The third kappa shape index (κ3) is 9.24. The van der Waals surface area contributed by atoms with Crippen molar-refractivity contribution in [1.82, 2.24) is 10.2 Å². The van der Waals surface area contributed by atoms with Crippen molar-refractivity contribution in [1.29, 1.82) is 0 Å². The number of carbonyl (C=O) groups is 2. The van der Waals surface area contributed by atoms with Crippen LogP contribution in [0.15, 0.2) is 0 Å². The Morgan fingerprint density at radius 1 is 1.00 bits per heavy atom. The van der Waals surface area contributed by atoms with Crippen molar-refractivity contribution in [3.05, 3.63) is 0 Å². The summed E-state index contributed by atoms with van der Waals surface area (Å²) in [5, 5.41) is 3.01. The number of amides is 2. The second kappa shape index (κ2) is 14.1. The van der Waals surface area contributed by atoms with E-state index in [9.17, 15) is 9.59 Å². The van der Waals surface area contributed by atoms with E-state index in [2.05, 4.69) is 12.2 Å². The molecule has 2 amide bonds. The lowest BCUT2D eigenvalue weighted by Gasteiger charge is -2.35. The van der Waals surface area contributed by atoms with Gasteiger partial charge in [0.1, 0.15) is 6.04 Å². The first-order valence-corrected chi connectivity index (χ1v) is 10.5. The summed E-state index contributed by atoms with van der Waals surface area (Å²) in [5.74, 6) is 0.196. The van der Waals surface area contributed by atoms with E-state index in [4.69, 9.17) is 5.73 Å². The summed E-state index contributed by atoms with van der Waals surface area (Å²) in [6, 6.07) is -0.254. The van der Waals surface area contributed by atoms with Crippen LogP contribution in [0.1, 0.15) is 90.4 Å². The Hall–Kier alpha value is -1.10. The molecule has 0 unspecified atom stereocenters. The molecule has 0 aromatic rings. The first-order chi connectivity index (χ1) is 12.2. The van der Waals surface area contributed by atoms with E-state index in [0.29, 0.717) is 19.5 Å². The third-order valence-electron chi connectivity index (χ3n) is 5.05. The van der Waals surface area contributed by atoms with E-state index in [-0.39, 0.29) is 17.9 Å². The summed E-state index contributed by atoms with van der Waals surface area (Å²) < 4.78 is 0. The van der Waals surface area contributed by atoms with E-state index >= 15 is 0 Å². The number of likely N-dealkylation sites (tertiary alicyclic amines) is 1. The maximum Gasteiger partial charge on any atom is 0.242 e. The highest BCUT2D eigenvalue weighted by atomic mass is 16.2. The van der Waals surface area contributed by atoms with Gasteiger partial charge in [0.2, 0.25) is 11.8 Å². The van der Waals surface area contributed by atoms with Crippen LogP contribution in [-0.4, -0.2) is 42.4 Å². The molecule has 146 valence electrons. The van der Waals surface area contributed by atoms with Gasteiger partial charge >= 0.3 is 0 Å². The zero-order chi connectivity index (χ0) is 18.3. The van der Waals surface area contributed by atoms with Crippen LogP contribution in [0.5, 0.6) is 0 Å². The number of nitrogens with two attached hydrogens (primary N) is 1. The van der Waals surface area contributed by atoms with Gasteiger partial charge in [-0.3, -0.25) is 9.59 Å². The number of hydrogen-bond donors (Lipinski definition) is 2. The minimum Gasteiger partial charge on any atom is -0.354 e. The fourth-order valence-corrected chi connectivity index (χ4v) is 3.48. The molecule has 0 aromatic carbocycles. The van der Waals surface area contributed by atoms with Crippen molar-refractivity contribution in [2.75, 3.05) is 19.6 Å². The van der Waals surface area contributed by atoms with Crippen molar-refractivity contribution in [2.45, 2.75) is 96.4 Å². The van der Waals surface area contributed by atoms with Crippen LogP contribution in [0.3, 0.4) is 0 Å². The van der Waals surface area contributed by atoms with Gasteiger partial charge in [-0.25, -0.2) is 0 Å². The minimum atomic E-state index is -0.254. The monoisotopic (exact) mass is 353 g/mol. The Labute approximate surface area is 154 Å². The number of rotatable bonds is 13. The molecule has 0 spiro atoms. The van der Waals surface area contributed by atoms with Gasteiger partial charge in [-0.1, -0.05) is 45.4 Å². The summed E-state index contributed by atoms with van der Waals surface area (Å²) in [6.07, 6.45) is 13.5. The molecule has 0 saturated carbocycles. The molecule has 0 aromatic heterocycles. The molecule has 5 heteroatoms. The average molecular weight is 354 g/mol. The first kappa shape index (κ1) is 21.9. The number of hydrogen-bond acceptors (Lipinski definition) is 3. The second-order valence-electron chi connectivity index (χ2n) is 7.26. The van der Waals surface area contributed by atoms with Crippen LogP contribution < -0.4 is 11.1 Å². The fourth-order valence-electron chi connectivity index (χ4n) is 3.48. The van der Waals surface area contributed by atoms with Gasteiger partial charge in [-0.15, -0.1) is 0 Å². The average Bonchev–Trinajstić information content (AvgIpc) is 2.64. The van der Waals surface area contributed by atoms with E-state index in [0.717, 1.165) is 57.9 Å². The van der Waals surface area contributed by atoms with Crippen LogP contribution in [-0.2, 0) is 9.59 Å². The van der Waals surface area contributed by atoms with E-state index in [1.807, 2.05) is 4.90 Å². The zero-order valence-electron chi connectivity index (χ0n) is 16.2. The quantitative estimate of drug-likeness (QED) is 0.499. The number of piperidine rings is 1. The molecule has 1 atom stereocenters. The van der Waals surface area contributed by atoms with Gasteiger partial charge < -0.3 is 16.0 Å². The summed E-state index contributed by atoms with van der Waals surface area (Å²) in [7, 11) is 0. The summed E-state index contributed by atoms with van der Waals surface area (Å²) in [4.78, 5) is 26.9. The predicted molar refractivity (Wildman–Crippen MR) is 103 cm³/mol. The molecule has 3 N–H and O–H groups in total. The Balaban J connectivity index is 2.31. The Bertz CT molecular complexity index is 374. The van der Waals surface area contributed by atoms with Crippen molar-refractivity contribution < 1.29 is 9.59 Å². The predicted octanol–water partition coefficient (Wildman–Crippen LogP) is 3.36. The highest BCUT2D eigenvalue weighted by molar-refractivity contribution is 5.87. The van der Waals surface area contributed by atoms with Gasteiger partial charge in [0.15, 0.2) is 0 Å². The molecule has 1 aliphatic rings. The van der Waals surface area contributed by atoms with Crippen molar-refractivity contribution in [3.8, 4) is 0 Å². The minimum absolute atomic E-state index is 0.0312. The molecule has 1 aliphatic heterocycles. The molecule has 0 bridgehead atoms. The lowest BCUT2D eigenvalue weighted by molar-refractivity contribution is -0.142. The first-order valence-electron chi connectivity index (χ1n) is 10.5. The van der Waals surface area contributed by atoms with Crippen LogP contribution in [0.4, 0.5) is 0 Å². The maximum absolute atomic E-state index is 12.5. The fraction of sp³-hybridized carbons (Fsp3) is 0.900.